The van der Waals surface area contributed by atoms with Gasteiger partial charge in [-0.1, -0.05) is 30.3 Å². The third-order valence-corrected chi connectivity index (χ3v) is 2.40. The first-order valence-electron chi connectivity index (χ1n) is 5.05. The molecule has 0 heterocycles. The van der Waals surface area contributed by atoms with Crippen LogP contribution in [0.3, 0.4) is 0 Å². The molecule has 1 aromatic carbocycles. The molecule has 0 aliphatic carbocycles. The SMILES string of the molecule is NCC(N)(C(=O)O)C(=O)NCc1ccccc1. The highest BCUT2D eigenvalue weighted by Gasteiger charge is 2.40. The number of nitrogens with two attached hydrogens (primary N) is 2. The summed E-state index contributed by atoms with van der Waals surface area (Å²) in [5.74, 6) is -2.23. The predicted octanol–water partition coefficient (Wildman–Crippen LogP) is -0.956. The Kier molecular flexibility index (Phi) is 4.19. The monoisotopic (exact) mass is 237 g/mol. The number of rotatable bonds is 5. The van der Waals surface area contributed by atoms with E-state index in [9.17, 15) is 9.59 Å². The molecule has 0 radical (unpaired) electrons. The molecule has 1 aromatic rings. The number of benzene rings is 1. The Balaban J connectivity index is 2.64. The van der Waals surface area contributed by atoms with Gasteiger partial charge in [-0.05, 0) is 5.56 Å². The summed E-state index contributed by atoms with van der Waals surface area (Å²) in [5.41, 5.74) is 9.40. The summed E-state index contributed by atoms with van der Waals surface area (Å²) >= 11 is 0. The minimum atomic E-state index is -2.07. The molecule has 0 saturated heterocycles. The van der Waals surface area contributed by atoms with Crippen LogP contribution in [0.4, 0.5) is 0 Å². The number of hydrogen-bond donors (Lipinski definition) is 4. The normalized spacial score (nSPS) is 13.8. The van der Waals surface area contributed by atoms with Crippen molar-refractivity contribution in [3.05, 3.63) is 35.9 Å². The Morgan fingerprint density at radius 2 is 1.88 bits per heavy atom. The molecule has 0 spiro atoms. The van der Waals surface area contributed by atoms with E-state index in [4.69, 9.17) is 16.6 Å². The van der Waals surface area contributed by atoms with Crippen molar-refractivity contribution in [2.75, 3.05) is 6.54 Å². The van der Waals surface area contributed by atoms with Crippen LogP contribution >= 0.6 is 0 Å². The summed E-state index contributed by atoms with van der Waals surface area (Å²) in [6.07, 6.45) is 0. The summed E-state index contributed by atoms with van der Waals surface area (Å²) in [5, 5.41) is 11.3. The van der Waals surface area contributed by atoms with E-state index < -0.39 is 24.0 Å². The molecule has 0 aromatic heterocycles. The van der Waals surface area contributed by atoms with Crippen LogP contribution in [0, 0.1) is 0 Å². The molecular formula is C11H15N3O3. The molecule has 0 fully saturated rings. The van der Waals surface area contributed by atoms with E-state index in [1.165, 1.54) is 0 Å². The summed E-state index contributed by atoms with van der Waals surface area (Å²) < 4.78 is 0. The second-order valence-corrected chi connectivity index (χ2v) is 3.65. The van der Waals surface area contributed by atoms with Crippen molar-refractivity contribution < 1.29 is 14.7 Å². The molecule has 0 aliphatic rings. The van der Waals surface area contributed by atoms with Gasteiger partial charge in [-0.2, -0.15) is 0 Å². The number of carboxylic acids is 1. The van der Waals surface area contributed by atoms with Crippen LogP contribution < -0.4 is 16.8 Å². The lowest BCUT2D eigenvalue weighted by Gasteiger charge is -2.21. The number of hydrogen-bond acceptors (Lipinski definition) is 4. The minimum absolute atomic E-state index is 0.214. The highest BCUT2D eigenvalue weighted by Crippen LogP contribution is 2.02. The summed E-state index contributed by atoms with van der Waals surface area (Å²) in [6, 6.07) is 9.09. The Labute approximate surface area is 98.6 Å². The zero-order chi connectivity index (χ0) is 12.9. The lowest BCUT2D eigenvalue weighted by molar-refractivity contribution is -0.148. The number of aliphatic carboxylic acids is 1. The summed E-state index contributed by atoms with van der Waals surface area (Å²) in [4.78, 5) is 22.5. The Morgan fingerprint density at radius 1 is 1.29 bits per heavy atom. The highest BCUT2D eigenvalue weighted by molar-refractivity contribution is 6.06. The maximum atomic E-state index is 11.6. The molecule has 6 N–H and O–H groups in total. The van der Waals surface area contributed by atoms with Crippen molar-refractivity contribution in [2.24, 2.45) is 11.5 Å². The Hall–Kier alpha value is -1.92. The molecule has 1 rings (SSSR count). The van der Waals surface area contributed by atoms with Gasteiger partial charge in [-0.15, -0.1) is 0 Å². The van der Waals surface area contributed by atoms with Crippen LogP contribution in [0.15, 0.2) is 30.3 Å². The van der Waals surface area contributed by atoms with Gasteiger partial charge < -0.3 is 21.9 Å². The van der Waals surface area contributed by atoms with Crippen molar-refractivity contribution >= 4 is 11.9 Å². The third-order valence-electron chi connectivity index (χ3n) is 2.40. The fourth-order valence-electron chi connectivity index (χ4n) is 1.21. The smallest absolute Gasteiger partial charge is 0.334 e. The van der Waals surface area contributed by atoms with Gasteiger partial charge in [0.1, 0.15) is 0 Å². The minimum Gasteiger partial charge on any atom is -0.479 e. The lowest BCUT2D eigenvalue weighted by Crippen LogP contribution is -2.63. The van der Waals surface area contributed by atoms with Crippen molar-refractivity contribution in [3.8, 4) is 0 Å². The zero-order valence-electron chi connectivity index (χ0n) is 9.22. The van der Waals surface area contributed by atoms with Gasteiger partial charge in [0.25, 0.3) is 5.91 Å². The van der Waals surface area contributed by atoms with Crippen LogP contribution in [-0.2, 0) is 16.1 Å². The van der Waals surface area contributed by atoms with E-state index >= 15 is 0 Å². The Bertz CT molecular complexity index is 408. The molecule has 1 unspecified atom stereocenters. The maximum absolute atomic E-state index is 11.6. The summed E-state index contributed by atoms with van der Waals surface area (Å²) in [7, 11) is 0. The first-order chi connectivity index (χ1) is 8.00. The van der Waals surface area contributed by atoms with Crippen LogP contribution in [0.25, 0.3) is 0 Å². The van der Waals surface area contributed by atoms with E-state index in [2.05, 4.69) is 5.32 Å². The molecule has 1 atom stereocenters. The molecule has 0 saturated carbocycles. The topological polar surface area (TPSA) is 118 Å². The number of nitrogens with one attached hydrogen (secondary N) is 1. The van der Waals surface area contributed by atoms with E-state index in [0.717, 1.165) is 5.56 Å². The van der Waals surface area contributed by atoms with Gasteiger partial charge in [0.05, 0.1) is 0 Å². The van der Waals surface area contributed by atoms with Gasteiger partial charge >= 0.3 is 5.97 Å². The number of carbonyl (C=O) groups excluding carboxylic acids is 1. The van der Waals surface area contributed by atoms with Crippen LogP contribution in [-0.4, -0.2) is 29.1 Å². The average Bonchev–Trinajstić information content (AvgIpc) is 2.35. The standard InChI is InChI=1S/C11H15N3O3/c12-7-11(13,10(16)17)9(15)14-6-8-4-2-1-3-5-8/h1-5H,6-7,12-13H2,(H,14,15)(H,16,17). The van der Waals surface area contributed by atoms with Gasteiger partial charge in [0, 0.05) is 13.1 Å². The number of amides is 1. The third kappa shape index (κ3) is 3.02. The van der Waals surface area contributed by atoms with Gasteiger partial charge in [-0.3, -0.25) is 4.79 Å². The second-order valence-electron chi connectivity index (χ2n) is 3.65. The van der Waals surface area contributed by atoms with Crippen LogP contribution in [0.1, 0.15) is 5.56 Å². The van der Waals surface area contributed by atoms with Crippen molar-refractivity contribution in [3.63, 3.8) is 0 Å². The van der Waals surface area contributed by atoms with Crippen LogP contribution in [0.5, 0.6) is 0 Å². The molecule has 0 aliphatic heterocycles. The maximum Gasteiger partial charge on any atom is 0.334 e. The summed E-state index contributed by atoms with van der Waals surface area (Å²) in [6.45, 7) is -0.241. The van der Waals surface area contributed by atoms with Gasteiger partial charge in [-0.25, -0.2) is 4.79 Å². The molecule has 17 heavy (non-hydrogen) atoms. The van der Waals surface area contributed by atoms with Crippen molar-refractivity contribution in [2.45, 2.75) is 12.1 Å². The fraction of sp³-hybridized carbons (Fsp3) is 0.273. The van der Waals surface area contributed by atoms with Crippen LogP contribution in [0.2, 0.25) is 0 Å². The molecule has 6 nitrogen and oxygen atoms in total. The number of carbonyl (C=O) groups is 2. The first kappa shape index (κ1) is 13.1. The second kappa shape index (κ2) is 5.42. The zero-order valence-corrected chi connectivity index (χ0v) is 9.22. The lowest BCUT2D eigenvalue weighted by atomic mass is 10.0. The molecule has 0 bridgehead atoms. The largest absolute Gasteiger partial charge is 0.479 e. The van der Waals surface area contributed by atoms with E-state index in [-0.39, 0.29) is 6.54 Å². The van der Waals surface area contributed by atoms with E-state index in [0.29, 0.717) is 0 Å². The first-order valence-corrected chi connectivity index (χ1v) is 5.05. The van der Waals surface area contributed by atoms with Gasteiger partial charge in [0.2, 0.25) is 5.54 Å². The molecule has 1 amide bonds. The Morgan fingerprint density at radius 3 is 2.35 bits per heavy atom. The average molecular weight is 237 g/mol. The fourth-order valence-corrected chi connectivity index (χ4v) is 1.21. The van der Waals surface area contributed by atoms with Crippen molar-refractivity contribution in [1.82, 2.24) is 5.32 Å². The predicted molar refractivity (Wildman–Crippen MR) is 61.9 cm³/mol. The quantitative estimate of drug-likeness (QED) is 0.492. The molecule has 92 valence electrons. The van der Waals surface area contributed by atoms with E-state index in [1.807, 2.05) is 30.3 Å². The highest BCUT2D eigenvalue weighted by atomic mass is 16.4. The van der Waals surface area contributed by atoms with Gasteiger partial charge in [0.15, 0.2) is 0 Å². The molecule has 6 heteroatoms. The molecular weight excluding hydrogens is 222 g/mol. The number of carboxylic acid groups (broad SMARTS) is 1. The van der Waals surface area contributed by atoms with E-state index in [1.54, 1.807) is 0 Å². The van der Waals surface area contributed by atoms with Crippen molar-refractivity contribution in [1.29, 1.82) is 0 Å².